The highest BCUT2D eigenvalue weighted by Gasteiger charge is 2.42. The van der Waals surface area contributed by atoms with Gasteiger partial charge in [-0.3, -0.25) is 0 Å². The highest BCUT2D eigenvalue weighted by atomic mass is 32.1. The molecule has 0 spiro atoms. The smallest absolute Gasteiger partial charge is 0.125 e. The molecule has 1 aromatic rings. The molecular weight excluding hydrogens is 244 g/mol. The van der Waals surface area contributed by atoms with Crippen molar-refractivity contribution in [2.24, 2.45) is 5.73 Å². The number of nitrogens with zero attached hydrogens (tertiary/aromatic N) is 1. The van der Waals surface area contributed by atoms with Crippen molar-refractivity contribution in [1.29, 1.82) is 0 Å². The van der Waals surface area contributed by atoms with Crippen LogP contribution in [0.4, 0.5) is 0 Å². The quantitative estimate of drug-likeness (QED) is 0.909. The van der Waals surface area contributed by atoms with Crippen LogP contribution >= 0.6 is 11.3 Å². The van der Waals surface area contributed by atoms with Gasteiger partial charge in [-0.1, -0.05) is 12.8 Å². The van der Waals surface area contributed by atoms with Gasteiger partial charge < -0.3 is 10.5 Å². The first-order valence-electron chi connectivity index (χ1n) is 7.08. The van der Waals surface area contributed by atoms with Crippen molar-refractivity contribution in [3.05, 3.63) is 16.1 Å². The van der Waals surface area contributed by atoms with E-state index < -0.39 is 0 Å². The summed E-state index contributed by atoms with van der Waals surface area (Å²) in [5.74, 6) is 0. The molecule has 0 saturated heterocycles. The van der Waals surface area contributed by atoms with Gasteiger partial charge in [0.15, 0.2) is 0 Å². The molecule has 0 atom stereocenters. The Kier molecular flexibility index (Phi) is 3.20. The molecule has 4 heteroatoms. The van der Waals surface area contributed by atoms with Gasteiger partial charge in [0.1, 0.15) is 10.6 Å². The third kappa shape index (κ3) is 1.91. The molecule has 1 aromatic heterocycles. The zero-order valence-corrected chi connectivity index (χ0v) is 11.9. The van der Waals surface area contributed by atoms with Gasteiger partial charge in [0.2, 0.25) is 0 Å². The normalized spacial score (nSPS) is 25.0. The average molecular weight is 266 g/mol. The summed E-state index contributed by atoms with van der Waals surface area (Å²) in [5, 5.41) is 3.32. The number of rotatable bonds is 4. The van der Waals surface area contributed by atoms with Crippen molar-refractivity contribution in [1.82, 2.24) is 4.98 Å². The predicted octanol–water partition coefficient (Wildman–Crippen LogP) is 3.29. The molecule has 18 heavy (non-hydrogen) atoms. The van der Waals surface area contributed by atoms with Crippen LogP contribution in [0.15, 0.2) is 5.38 Å². The highest BCUT2D eigenvalue weighted by molar-refractivity contribution is 7.09. The standard InChI is InChI=1S/C14H22N2OS/c1-2-17-14(8-3-4-9-14)12-16-11(10-18-12)13(15)6-5-7-13/h10H,2-9,15H2,1H3. The summed E-state index contributed by atoms with van der Waals surface area (Å²) in [4.78, 5) is 4.85. The molecule has 2 fully saturated rings. The van der Waals surface area contributed by atoms with Crippen LogP contribution in [0.25, 0.3) is 0 Å². The third-order valence-corrected chi connectivity index (χ3v) is 5.51. The molecule has 100 valence electrons. The summed E-state index contributed by atoms with van der Waals surface area (Å²) in [6.07, 6.45) is 8.14. The number of hydrogen-bond acceptors (Lipinski definition) is 4. The fourth-order valence-electron chi connectivity index (χ4n) is 3.17. The Balaban J connectivity index is 1.87. The first-order valence-corrected chi connectivity index (χ1v) is 7.96. The van der Waals surface area contributed by atoms with E-state index in [4.69, 9.17) is 15.5 Å². The van der Waals surface area contributed by atoms with Crippen LogP contribution in [0, 0.1) is 0 Å². The predicted molar refractivity (Wildman–Crippen MR) is 73.6 cm³/mol. The lowest BCUT2D eigenvalue weighted by molar-refractivity contribution is -0.0393. The van der Waals surface area contributed by atoms with Gasteiger partial charge in [0, 0.05) is 12.0 Å². The summed E-state index contributed by atoms with van der Waals surface area (Å²) in [6.45, 7) is 2.84. The van der Waals surface area contributed by atoms with Gasteiger partial charge in [0.05, 0.1) is 11.2 Å². The van der Waals surface area contributed by atoms with Crippen molar-refractivity contribution in [3.8, 4) is 0 Å². The van der Waals surface area contributed by atoms with E-state index >= 15 is 0 Å². The molecule has 3 nitrogen and oxygen atoms in total. The average Bonchev–Trinajstić information content (AvgIpc) is 2.94. The summed E-state index contributed by atoms with van der Waals surface area (Å²) < 4.78 is 6.06. The lowest BCUT2D eigenvalue weighted by Crippen LogP contribution is -2.43. The fourth-order valence-corrected chi connectivity index (χ4v) is 4.31. The van der Waals surface area contributed by atoms with E-state index in [1.807, 2.05) is 0 Å². The summed E-state index contributed by atoms with van der Waals surface area (Å²) in [5.41, 5.74) is 7.22. The number of thiazole rings is 1. The molecule has 0 bridgehead atoms. The largest absolute Gasteiger partial charge is 0.368 e. The Morgan fingerprint density at radius 1 is 1.28 bits per heavy atom. The molecule has 3 rings (SSSR count). The van der Waals surface area contributed by atoms with Gasteiger partial charge in [-0.15, -0.1) is 11.3 Å². The van der Waals surface area contributed by atoms with Crippen LogP contribution in [0.3, 0.4) is 0 Å². The maximum atomic E-state index is 6.36. The van der Waals surface area contributed by atoms with Crippen molar-refractivity contribution in [2.75, 3.05) is 6.61 Å². The molecule has 0 aliphatic heterocycles. The molecule has 2 aliphatic rings. The number of nitrogens with two attached hydrogens (primary N) is 1. The molecule has 0 radical (unpaired) electrons. The van der Waals surface area contributed by atoms with E-state index in [0.717, 1.165) is 43.0 Å². The lowest BCUT2D eigenvalue weighted by Gasteiger charge is -2.36. The van der Waals surface area contributed by atoms with Gasteiger partial charge in [0.25, 0.3) is 0 Å². The van der Waals surface area contributed by atoms with Gasteiger partial charge >= 0.3 is 0 Å². The zero-order valence-electron chi connectivity index (χ0n) is 11.1. The van der Waals surface area contributed by atoms with Crippen molar-refractivity contribution in [2.45, 2.75) is 63.0 Å². The molecule has 2 aliphatic carbocycles. The van der Waals surface area contributed by atoms with Crippen LogP contribution in [0.1, 0.15) is 62.6 Å². The summed E-state index contributed by atoms with van der Waals surface area (Å²) in [7, 11) is 0. The van der Waals surface area contributed by atoms with Crippen LogP contribution < -0.4 is 5.73 Å². The van der Waals surface area contributed by atoms with Crippen LogP contribution in [-0.2, 0) is 15.9 Å². The second-order valence-electron chi connectivity index (χ2n) is 5.68. The van der Waals surface area contributed by atoms with E-state index in [-0.39, 0.29) is 11.1 Å². The first kappa shape index (κ1) is 12.6. The van der Waals surface area contributed by atoms with Gasteiger partial charge in [-0.2, -0.15) is 0 Å². The first-order chi connectivity index (χ1) is 8.69. The molecule has 0 unspecified atom stereocenters. The molecule has 1 heterocycles. The van der Waals surface area contributed by atoms with Crippen LogP contribution in [0.5, 0.6) is 0 Å². The Hall–Kier alpha value is -0.450. The third-order valence-electron chi connectivity index (χ3n) is 4.48. The molecule has 2 saturated carbocycles. The zero-order chi connectivity index (χ0) is 12.6. The topological polar surface area (TPSA) is 48.1 Å². The van der Waals surface area contributed by atoms with Crippen molar-refractivity contribution >= 4 is 11.3 Å². The van der Waals surface area contributed by atoms with Crippen molar-refractivity contribution < 1.29 is 4.74 Å². The van der Waals surface area contributed by atoms with E-state index in [1.54, 1.807) is 11.3 Å². The number of aromatic nitrogens is 1. The molecule has 0 amide bonds. The van der Waals surface area contributed by atoms with Gasteiger partial charge in [-0.05, 0) is 39.0 Å². The molecular formula is C14H22N2OS. The van der Waals surface area contributed by atoms with Crippen molar-refractivity contribution in [3.63, 3.8) is 0 Å². The summed E-state index contributed by atoms with van der Waals surface area (Å²) >= 11 is 1.75. The molecule has 0 aromatic carbocycles. The maximum absolute atomic E-state index is 6.36. The second-order valence-corrected chi connectivity index (χ2v) is 6.54. The Morgan fingerprint density at radius 3 is 2.56 bits per heavy atom. The Bertz CT molecular complexity index is 419. The maximum Gasteiger partial charge on any atom is 0.125 e. The van der Waals surface area contributed by atoms with Crippen LogP contribution in [-0.4, -0.2) is 11.6 Å². The van der Waals surface area contributed by atoms with E-state index in [0.29, 0.717) is 0 Å². The van der Waals surface area contributed by atoms with E-state index in [2.05, 4.69) is 12.3 Å². The SMILES string of the molecule is CCOC1(c2nc(C3(N)CCC3)cs2)CCCC1. The second kappa shape index (κ2) is 4.58. The Morgan fingerprint density at radius 2 is 2.00 bits per heavy atom. The summed E-state index contributed by atoms with van der Waals surface area (Å²) in [6, 6.07) is 0. The monoisotopic (exact) mass is 266 g/mol. The van der Waals surface area contributed by atoms with Gasteiger partial charge in [-0.25, -0.2) is 4.98 Å². The van der Waals surface area contributed by atoms with Crippen LogP contribution in [0.2, 0.25) is 0 Å². The number of ether oxygens (including phenoxy) is 1. The van der Waals surface area contributed by atoms with E-state index in [1.165, 1.54) is 19.3 Å². The lowest BCUT2D eigenvalue weighted by atomic mass is 9.76. The Labute approximate surface area is 113 Å². The van der Waals surface area contributed by atoms with E-state index in [9.17, 15) is 0 Å². The minimum absolute atomic E-state index is 0.0994. The highest BCUT2D eigenvalue weighted by Crippen LogP contribution is 2.45. The fraction of sp³-hybridized carbons (Fsp3) is 0.786. The minimum atomic E-state index is -0.138. The number of hydrogen-bond donors (Lipinski definition) is 1. The minimum Gasteiger partial charge on any atom is -0.368 e. The molecule has 2 N–H and O–H groups in total.